The van der Waals surface area contributed by atoms with Gasteiger partial charge in [0.25, 0.3) is 0 Å². The number of benzene rings is 2. The summed E-state index contributed by atoms with van der Waals surface area (Å²) in [7, 11) is 0. The molecule has 0 saturated carbocycles. The average Bonchev–Trinajstić information content (AvgIpc) is 2.41. The normalized spacial score (nSPS) is 17.3. The first kappa shape index (κ1) is 12.0. The Labute approximate surface area is 110 Å². The smallest absolute Gasteiger partial charge is 0.159 e. The third-order valence-corrected chi connectivity index (χ3v) is 3.20. The van der Waals surface area contributed by atoms with E-state index in [1.54, 1.807) is 6.07 Å². The van der Waals surface area contributed by atoms with E-state index in [1.165, 1.54) is 6.07 Å². The maximum absolute atomic E-state index is 13.2. The van der Waals surface area contributed by atoms with Gasteiger partial charge in [0.15, 0.2) is 11.6 Å². The molecule has 3 rings (SSSR count). The third kappa shape index (κ3) is 2.26. The van der Waals surface area contributed by atoms with Crippen LogP contribution in [0.25, 0.3) is 0 Å². The van der Waals surface area contributed by atoms with Gasteiger partial charge in [-0.25, -0.2) is 8.78 Å². The van der Waals surface area contributed by atoms with Crippen LogP contribution >= 0.6 is 0 Å². The highest BCUT2D eigenvalue weighted by Gasteiger charge is 2.21. The van der Waals surface area contributed by atoms with Gasteiger partial charge in [0, 0.05) is 0 Å². The molecule has 98 valence electrons. The third-order valence-electron chi connectivity index (χ3n) is 3.20. The van der Waals surface area contributed by atoms with Crippen molar-refractivity contribution in [2.75, 3.05) is 11.9 Å². The van der Waals surface area contributed by atoms with E-state index in [0.29, 0.717) is 12.1 Å². The number of nitrogens with one attached hydrogen (secondary N) is 1. The number of hydrogen-bond acceptors (Lipinski definition) is 2. The summed E-state index contributed by atoms with van der Waals surface area (Å²) >= 11 is 0. The molecule has 0 aromatic heterocycles. The zero-order valence-corrected chi connectivity index (χ0v) is 10.4. The van der Waals surface area contributed by atoms with E-state index in [1.807, 2.05) is 25.1 Å². The Hall–Kier alpha value is -2.10. The lowest BCUT2D eigenvalue weighted by Crippen LogP contribution is -2.23. The first-order valence-corrected chi connectivity index (χ1v) is 6.09. The van der Waals surface area contributed by atoms with Gasteiger partial charge in [-0.1, -0.05) is 12.1 Å². The van der Waals surface area contributed by atoms with Crippen LogP contribution in [-0.2, 0) is 0 Å². The van der Waals surface area contributed by atoms with E-state index in [9.17, 15) is 8.78 Å². The van der Waals surface area contributed by atoms with Crippen LogP contribution in [0.1, 0.15) is 17.2 Å². The number of ether oxygens (including phenoxy) is 1. The first-order chi connectivity index (χ1) is 9.13. The number of hydrogen-bond donors (Lipinski definition) is 1. The summed E-state index contributed by atoms with van der Waals surface area (Å²) in [5.74, 6) is -0.958. The zero-order valence-electron chi connectivity index (χ0n) is 10.4. The fourth-order valence-electron chi connectivity index (χ4n) is 2.17. The van der Waals surface area contributed by atoms with E-state index < -0.39 is 11.6 Å². The molecule has 0 spiro atoms. The molecule has 1 N–H and O–H groups in total. The van der Waals surface area contributed by atoms with Crippen molar-refractivity contribution in [3.63, 3.8) is 0 Å². The molecule has 0 bridgehead atoms. The predicted molar refractivity (Wildman–Crippen MR) is 69.4 cm³/mol. The van der Waals surface area contributed by atoms with Crippen molar-refractivity contribution in [1.29, 1.82) is 0 Å². The molecule has 2 aromatic rings. The summed E-state index contributed by atoms with van der Waals surface area (Å²) in [6, 6.07) is 9.72. The number of rotatable bonds is 1. The Bertz CT molecular complexity index is 628. The van der Waals surface area contributed by atoms with Gasteiger partial charge in [-0.15, -0.1) is 0 Å². The molecule has 19 heavy (non-hydrogen) atoms. The van der Waals surface area contributed by atoms with Crippen LogP contribution < -0.4 is 10.1 Å². The minimum Gasteiger partial charge on any atom is -0.482 e. The van der Waals surface area contributed by atoms with Crippen LogP contribution in [0.15, 0.2) is 36.4 Å². The number of anilines is 1. The minimum atomic E-state index is -0.851. The number of aryl methyl sites for hydroxylation is 1. The van der Waals surface area contributed by atoms with Gasteiger partial charge in [0.2, 0.25) is 0 Å². The highest BCUT2D eigenvalue weighted by molar-refractivity contribution is 5.59. The summed E-state index contributed by atoms with van der Waals surface area (Å²) < 4.78 is 32.0. The van der Waals surface area contributed by atoms with Gasteiger partial charge in [-0.05, 0) is 42.3 Å². The lowest BCUT2D eigenvalue weighted by Gasteiger charge is -2.28. The second-order valence-corrected chi connectivity index (χ2v) is 4.66. The van der Waals surface area contributed by atoms with Gasteiger partial charge in [0.05, 0.1) is 12.2 Å². The summed E-state index contributed by atoms with van der Waals surface area (Å²) in [5.41, 5.74) is 2.63. The highest BCUT2D eigenvalue weighted by atomic mass is 19.2. The number of fused-ring (bicyclic) bond motifs is 1. The van der Waals surface area contributed by atoms with Crippen LogP contribution in [0.5, 0.6) is 5.75 Å². The fraction of sp³-hybridized carbons (Fsp3) is 0.200. The quantitative estimate of drug-likeness (QED) is 0.842. The Morgan fingerprint density at radius 3 is 2.74 bits per heavy atom. The van der Waals surface area contributed by atoms with Crippen LogP contribution in [0, 0.1) is 18.6 Å². The molecular formula is C15H13F2NO. The van der Waals surface area contributed by atoms with Crippen LogP contribution in [0.4, 0.5) is 14.5 Å². The largest absolute Gasteiger partial charge is 0.482 e. The van der Waals surface area contributed by atoms with Crippen LogP contribution in [0.2, 0.25) is 0 Å². The van der Waals surface area contributed by atoms with Gasteiger partial charge in [0.1, 0.15) is 11.9 Å². The first-order valence-electron chi connectivity index (χ1n) is 6.09. The second-order valence-electron chi connectivity index (χ2n) is 4.66. The zero-order chi connectivity index (χ0) is 13.4. The van der Waals surface area contributed by atoms with Crippen molar-refractivity contribution in [2.45, 2.75) is 13.0 Å². The minimum absolute atomic E-state index is 0.315. The summed E-state index contributed by atoms with van der Waals surface area (Å²) in [5, 5.41) is 3.23. The molecule has 1 unspecified atom stereocenters. The molecular weight excluding hydrogens is 248 g/mol. The van der Waals surface area contributed by atoms with E-state index in [4.69, 9.17) is 4.74 Å². The van der Waals surface area contributed by atoms with Gasteiger partial charge < -0.3 is 10.1 Å². The summed E-state index contributed by atoms with van der Waals surface area (Å²) in [6.07, 6.45) is -0.315. The van der Waals surface area contributed by atoms with Crippen molar-refractivity contribution >= 4 is 5.69 Å². The molecule has 0 amide bonds. The van der Waals surface area contributed by atoms with Crippen molar-refractivity contribution < 1.29 is 13.5 Å². The lowest BCUT2D eigenvalue weighted by molar-refractivity contribution is 0.209. The summed E-state index contributed by atoms with van der Waals surface area (Å²) in [4.78, 5) is 0. The molecule has 1 aliphatic heterocycles. The molecule has 0 fully saturated rings. The molecule has 0 aliphatic carbocycles. The average molecular weight is 261 g/mol. The lowest BCUT2D eigenvalue weighted by atomic mass is 10.1. The molecule has 1 atom stereocenters. The molecule has 2 nitrogen and oxygen atoms in total. The van der Waals surface area contributed by atoms with Crippen LogP contribution in [-0.4, -0.2) is 6.54 Å². The molecule has 1 heterocycles. The van der Waals surface area contributed by atoms with Gasteiger partial charge >= 0.3 is 0 Å². The van der Waals surface area contributed by atoms with E-state index in [0.717, 1.165) is 23.1 Å². The molecule has 4 heteroatoms. The Balaban J connectivity index is 1.90. The number of halogens is 2. The molecule has 0 radical (unpaired) electrons. The second kappa shape index (κ2) is 4.53. The Morgan fingerprint density at radius 1 is 1.11 bits per heavy atom. The fourth-order valence-corrected chi connectivity index (χ4v) is 2.17. The Morgan fingerprint density at radius 2 is 1.95 bits per heavy atom. The predicted octanol–water partition coefficient (Wildman–Crippen LogP) is 3.82. The Kier molecular flexibility index (Phi) is 2.85. The van der Waals surface area contributed by atoms with Crippen molar-refractivity contribution in [3.05, 3.63) is 59.2 Å². The van der Waals surface area contributed by atoms with Gasteiger partial charge in [-0.3, -0.25) is 0 Å². The van der Waals surface area contributed by atoms with Gasteiger partial charge in [-0.2, -0.15) is 0 Å². The van der Waals surface area contributed by atoms with E-state index >= 15 is 0 Å². The van der Waals surface area contributed by atoms with Crippen molar-refractivity contribution in [2.24, 2.45) is 0 Å². The monoisotopic (exact) mass is 261 g/mol. The summed E-state index contributed by atoms with van der Waals surface area (Å²) in [6.45, 7) is 2.51. The standard InChI is InChI=1S/C15H13F2NO/c1-9-2-5-13-14(6-9)19-15(8-18-13)10-3-4-11(16)12(17)7-10/h2-7,15,18H,8H2,1H3. The molecule has 1 aliphatic rings. The van der Waals surface area contributed by atoms with Crippen molar-refractivity contribution in [1.82, 2.24) is 0 Å². The molecule has 0 saturated heterocycles. The maximum Gasteiger partial charge on any atom is 0.159 e. The topological polar surface area (TPSA) is 21.3 Å². The SMILES string of the molecule is Cc1ccc2c(c1)OC(c1ccc(F)c(F)c1)CN2. The van der Waals surface area contributed by atoms with E-state index in [2.05, 4.69) is 5.32 Å². The van der Waals surface area contributed by atoms with E-state index in [-0.39, 0.29) is 6.10 Å². The van der Waals surface area contributed by atoms with Crippen LogP contribution in [0.3, 0.4) is 0 Å². The highest BCUT2D eigenvalue weighted by Crippen LogP contribution is 2.34. The maximum atomic E-state index is 13.2. The molecule has 2 aromatic carbocycles. The van der Waals surface area contributed by atoms with Crippen molar-refractivity contribution in [3.8, 4) is 5.75 Å².